The van der Waals surface area contributed by atoms with Crippen LogP contribution in [0.5, 0.6) is 0 Å². The van der Waals surface area contributed by atoms with Crippen LogP contribution in [0.25, 0.3) is 0 Å². The first-order valence-electron chi connectivity index (χ1n) is 6.53. The van der Waals surface area contributed by atoms with Gasteiger partial charge in [0.15, 0.2) is 0 Å². The lowest BCUT2D eigenvalue weighted by Crippen LogP contribution is -2.45. The van der Waals surface area contributed by atoms with Gasteiger partial charge in [0.2, 0.25) is 5.91 Å². The standard InChI is InChI=1S/C12H25NO4Si/c1-11-7-5-8-12(14)13(11)9-6-10-18(15-2,16-3)17-4/h11H,5-10H2,1-4H3. The number of hydrogen-bond donors (Lipinski definition) is 0. The fraction of sp³-hybridized carbons (Fsp3) is 0.917. The van der Waals surface area contributed by atoms with Crippen molar-refractivity contribution in [1.29, 1.82) is 0 Å². The lowest BCUT2D eigenvalue weighted by molar-refractivity contribution is -0.135. The Morgan fingerprint density at radius 1 is 1.28 bits per heavy atom. The molecule has 0 aliphatic carbocycles. The first kappa shape index (κ1) is 15.6. The minimum absolute atomic E-state index is 0.272. The second kappa shape index (κ2) is 7.23. The zero-order valence-corrected chi connectivity index (χ0v) is 12.9. The lowest BCUT2D eigenvalue weighted by Gasteiger charge is -2.34. The van der Waals surface area contributed by atoms with Crippen molar-refractivity contribution in [2.24, 2.45) is 0 Å². The maximum atomic E-state index is 11.8. The van der Waals surface area contributed by atoms with Crippen LogP contribution in [0.4, 0.5) is 0 Å². The van der Waals surface area contributed by atoms with Crippen LogP contribution in [-0.4, -0.2) is 53.5 Å². The van der Waals surface area contributed by atoms with Gasteiger partial charge in [0, 0.05) is 46.4 Å². The summed E-state index contributed by atoms with van der Waals surface area (Å²) in [7, 11) is 2.37. The Bertz CT molecular complexity index is 263. The minimum Gasteiger partial charge on any atom is -0.377 e. The van der Waals surface area contributed by atoms with Crippen molar-refractivity contribution in [3.63, 3.8) is 0 Å². The zero-order valence-electron chi connectivity index (χ0n) is 11.9. The Labute approximate surface area is 111 Å². The summed E-state index contributed by atoms with van der Waals surface area (Å²) in [6.07, 6.45) is 3.67. The number of piperidine rings is 1. The van der Waals surface area contributed by atoms with Gasteiger partial charge in [-0.25, -0.2) is 0 Å². The van der Waals surface area contributed by atoms with Crippen LogP contribution in [0.1, 0.15) is 32.6 Å². The number of rotatable bonds is 7. The number of likely N-dealkylation sites (tertiary alicyclic amines) is 1. The molecule has 0 aromatic carbocycles. The molecule has 0 aromatic heterocycles. The molecule has 0 aromatic rings. The molecule has 6 heteroatoms. The summed E-state index contributed by atoms with van der Waals surface area (Å²) in [6.45, 7) is 2.88. The first-order valence-corrected chi connectivity index (χ1v) is 8.46. The molecule has 1 fully saturated rings. The molecule has 0 saturated carbocycles. The summed E-state index contributed by atoms with van der Waals surface area (Å²) in [5, 5.41) is 0. The van der Waals surface area contributed by atoms with E-state index in [1.165, 1.54) is 0 Å². The van der Waals surface area contributed by atoms with Crippen molar-refractivity contribution in [2.45, 2.75) is 44.7 Å². The predicted molar refractivity (Wildman–Crippen MR) is 71.2 cm³/mol. The molecular weight excluding hydrogens is 250 g/mol. The van der Waals surface area contributed by atoms with E-state index in [1.54, 1.807) is 21.3 Å². The maximum absolute atomic E-state index is 11.8. The predicted octanol–water partition coefficient (Wildman–Crippen LogP) is 1.66. The second-order valence-electron chi connectivity index (χ2n) is 4.73. The van der Waals surface area contributed by atoms with E-state index >= 15 is 0 Å². The first-order chi connectivity index (χ1) is 8.58. The molecule has 1 amide bonds. The third kappa shape index (κ3) is 3.78. The number of nitrogens with zero attached hydrogens (tertiary/aromatic N) is 1. The molecule has 0 radical (unpaired) electrons. The molecule has 106 valence electrons. The monoisotopic (exact) mass is 275 g/mol. The third-order valence-corrected chi connectivity index (χ3v) is 6.51. The molecular formula is C12H25NO4Si. The summed E-state index contributed by atoms with van der Waals surface area (Å²) in [5.74, 6) is 0.272. The van der Waals surface area contributed by atoms with E-state index < -0.39 is 8.80 Å². The van der Waals surface area contributed by atoms with Crippen LogP contribution in [0, 0.1) is 0 Å². The van der Waals surface area contributed by atoms with Crippen LogP contribution in [0.2, 0.25) is 6.04 Å². The highest BCUT2D eigenvalue weighted by Crippen LogP contribution is 2.20. The van der Waals surface area contributed by atoms with Crippen LogP contribution in [0.3, 0.4) is 0 Å². The van der Waals surface area contributed by atoms with Crippen molar-refractivity contribution < 1.29 is 18.1 Å². The summed E-state index contributed by atoms with van der Waals surface area (Å²) in [6, 6.07) is 1.10. The number of carbonyl (C=O) groups is 1. The van der Waals surface area contributed by atoms with Gasteiger partial charge in [0.1, 0.15) is 0 Å². The Morgan fingerprint density at radius 3 is 2.39 bits per heavy atom. The van der Waals surface area contributed by atoms with Gasteiger partial charge in [0.25, 0.3) is 0 Å². The topological polar surface area (TPSA) is 48.0 Å². The van der Waals surface area contributed by atoms with E-state index in [9.17, 15) is 4.79 Å². The van der Waals surface area contributed by atoms with Gasteiger partial charge < -0.3 is 18.2 Å². The molecule has 1 aliphatic heterocycles. The van der Waals surface area contributed by atoms with E-state index in [0.717, 1.165) is 31.9 Å². The fourth-order valence-electron chi connectivity index (χ4n) is 2.46. The third-order valence-electron chi connectivity index (χ3n) is 3.68. The normalized spacial score (nSPS) is 21.4. The number of carbonyl (C=O) groups excluding carboxylic acids is 1. The molecule has 0 spiro atoms. The molecule has 0 bridgehead atoms. The van der Waals surface area contributed by atoms with Gasteiger partial charge in [0.05, 0.1) is 0 Å². The quantitative estimate of drug-likeness (QED) is 0.663. The average Bonchev–Trinajstić information content (AvgIpc) is 2.38. The van der Waals surface area contributed by atoms with Crippen LogP contribution in [0.15, 0.2) is 0 Å². The Balaban J connectivity index is 2.42. The fourth-order valence-corrected chi connectivity index (χ4v) is 4.16. The van der Waals surface area contributed by atoms with Gasteiger partial charge >= 0.3 is 8.80 Å². The summed E-state index contributed by atoms with van der Waals surface area (Å²) < 4.78 is 16.1. The molecule has 1 unspecified atom stereocenters. The largest absolute Gasteiger partial charge is 0.500 e. The number of hydrogen-bond acceptors (Lipinski definition) is 4. The summed E-state index contributed by atoms with van der Waals surface area (Å²) in [4.78, 5) is 13.8. The molecule has 0 N–H and O–H groups in total. The van der Waals surface area contributed by atoms with Crippen LogP contribution < -0.4 is 0 Å². The van der Waals surface area contributed by atoms with Crippen LogP contribution in [-0.2, 0) is 18.1 Å². The van der Waals surface area contributed by atoms with Crippen LogP contribution >= 0.6 is 0 Å². The highest BCUT2D eigenvalue weighted by molar-refractivity contribution is 6.60. The van der Waals surface area contributed by atoms with E-state index in [4.69, 9.17) is 13.3 Å². The smallest absolute Gasteiger partial charge is 0.377 e. The van der Waals surface area contributed by atoms with Gasteiger partial charge in [-0.3, -0.25) is 4.79 Å². The minimum atomic E-state index is -2.48. The molecule has 1 saturated heterocycles. The number of amides is 1. The highest BCUT2D eigenvalue weighted by Gasteiger charge is 2.37. The second-order valence-corrected chi connectivity index (χ2v) is 7.82. The van der Waals surface area contributed by atoms with E-state index in [2.05, 4.69) is 6.92 Å². The molecule has 1 aliphatic rings. The van der Waals surface area contributed by atoms with E-state index in [1.807, 2.05) is 4.90 Å². The molecule has 5 nitrogen and oxygen atoms in total. The summed E-state index contributed by atoms with van der Waals surface area (Å²) >= 11 is 0. The van der Waals surface area contributed by atoms with Crippen molar-refractivity contribution in [3.8, 4) is 0 Å². The van der Waals surface area contributed by atoms with Crippen molar-refractivity contribution >= 4 is 14.7 Å². The van der Waals surface area contributed by atoms with Crippen molar-refractivity contribution in [2.75, 3.05) is 27.9 Å². The lowest BCUT2D eigenvalue weighted by atomic mass is 10.0. The van der Waals surface area contributed by atoms with E-state index in [-0.39, 0.29) is 5.91 Å². The van der Waals surface area contributed by atoms with Gasteiger partial charge in [-0.2, -0.15) is 0 Å². The van der Waals surface area contributed by atoms with Crippen molar-refractivity contribution in [3.05, 3.63) is 0 Å². The molecule has 1 atom stereocenters. The Morgan fingerprint density at radius 2 is 1.89 bits per heavy atom. The Kier molecular flexibility index (Phi) is 6.27. The Hall–Kier alpha value is -0.433. The molecule has 18 heavy (non-hydrogen) atoms. The SMILES string of the molecule is CO[Si](CCCN1C(=O)CCCC1C)(OC)OC. The average molecular weight is 275 g/mol. The maximum Gasteiger partial charge on any atom is 0.500 e. The molecule has 1 rings (SSSR count). The van der Waals surface area contributed by atoms with Gasteiger partial charge in [-0.1, -0.05) is 0 Å². The van der Waals surface area contributed by atoms with Gasteiger partial charge in [-0.15, -0.1) is 0 Å². The summed E-state index contributed by atoms with van der Waals surface area (Å²) in [5.41, 5.74) is 0. The zero-order chi connectivity index (χ0) is 13.6. The van der Waals surface area contributed by atoms with Gasteiger partial charge in [-0.05, 0) is 26.2 Å². The van der Waals surface area contributed by atoms with Crippen molar-refractivity contribution in [1.82, 2.24) is 4.90 Å². The molecule has 1 heterocycles. The highest BCUT2D eigenvalue weighted by atomic mass is 28.4. The van der Waals surface area contributed by atoms with E-state index in [0.29, 0.717) is 12.5 Å².